The van der Waals surface area contributed by atoms with E-state index in [1.165, 1.54) is 0 Å². The molecule has 1 aromatic rings. The van der Waals surface area contributed by atoms with Crippen molar-refractivity contribution in [2.45, 2.75) is 6.54 Å². The minimum atomic E-state index is -0.944. The van der Waals surface area contributed by atoms with E-state index in [2.05, 4.69) is 5.32 Å². The average Bonchev–Trinajstić information content (AvgIpc) is 2.29. The van der Waals surface area contributed by atoms with E-state index in [-0.39, 0.29) is 0 Å². The zero-order valence-corrected chi connectivity index (χ0v) is 8.68. The summed E-state index contributed by atoms with van der Waals surface area (Å²) < 4.78 is 0. The highest BCUT2D eigenvalue weighted by Crippen LogP contribution is 2.02. The Morgan fingerprint density at radius 3 is 2.69 bits per heavy atom. The second kappa shape index (κ2) is 6.38. The van der Waals surface area contributed by atoms with Crippen LogP contribution in [0.3, 0.4) is 0 Å². The zero-order valence-electron chi connectivity index (χ0n) is 8.68. The molecular weight excluding hydrogens is 204 g/mol. The second-order valence-electron chi connectivity index (χ2n) is 3.18. The number of carbonyl (C=O) groups is 1. The molecule has 1 aromatic carbocycles. The fourth-order valence-corrected chi connectivity index (χ4v) is 1.16. The fraction of sp³-hybridized carbons (Fsp3) is 0.167. The molecule has 0 aromatic heterocycles. The lowest BCUT2D eigenvalue weighted by atomic mass is 10.1. The van der Waals surface area contributed by atoms with Gasteiger partial charge in [0.15, 0.2) is 0 Å². The third-order valence-electron chi connectivity index (χ3n) is 1.93. The van der Waals surface area contributed by atoms with E-state index in [1.807, 2.05) is 18.2 Å². The lowest BCUT2D eigenvalue weighted by Gasteiger charge is -2.01. The topological polar surface area (TPSA) is 73.1 Å². The molecule has 0 unspecified atom stereocenters. The van der Waals surface area contributed by atoms with Crippen molar-refractivity contribution in [3.8, 4) is 6.07 Å². The molecule has 0 bridgehead atoms. The molecule has 82 valence electrons. The Bertz CT molecular complexity index is 416. The first-order valence-corrected chi connectivity index (χ1v) is 4.81. The van der Waals surface area contributed by atoms with Crippen molar-refractivity contribution in [3.05, 3.63) is 47.5 Å². The molecule has 2 N–H and O–H groups in total. The summed E-state index contributed by atoms with van der Waals surface area (Å²) in [6.07, 6.45) is 2.65. The van der Waals surface area contributed by atoms with Gasteiger partial charge in [0.05, 0.1) is 11.6 Å². The summed E-state index contributed by atoms with van der Waals surface area (Å²) in [6, 6.07) is 9.29. The monoisotopic (exact) mass is 216 g/mol. The molecular formula is C12H12N2O2. The summed E-state index contributed by atoms with van der Waals surface area (Å²) in [4.78, 5) is 10.2. The molecule has 16 heavy (non-hydrogen) atoms. The maximum atomic E-state index is 10.2. The van der Waals surface area contributed by atoms with Crippen LogP contribution in [0.2, 0.25) is 0 Å². The number of benzene rings is 1. The Balaban J connectivity index is 2.32. The van der Waals surface area contributed by atoms with Gasteiger partial charge in [-0.1, -0.05) is 18.2 Å². The highest BCUT2D eigenvalue weighted by Gasteiger charge is 1.92. The van der Waals surface area contributed by atoms with E-state index < -0.39 is 5.97 Å². The van der Waals surface area contributed by atoms with Gasteiger partial charge in [-0.2, -0.15) is 5.26 Å². The Hall–Kier alpha value is -2.12. The molecule has 1 rings (SSSR count). The molecule has 0 atom stereocenters. The number of carboxylic acids is 1. The van der Waals surface area contributed by atoms with Crippen molar-refractivity contribution in [1.29, 1.82) is 5.26 Å². The molecule has 0 spiro atoms. The predicted octanol–water partition coefficient (Wildman–Crippen LogP) is 1.29. The van der Waals surface area contributed by atoms with Crippen LogP contribution in [0, 0.1) is 11.3 Å². The second-order valence-corrected chi connectivity index (χ2v) is 3.18. The van der Waals surface area contributed by atoms with E-state index >= 15 is 0 Å². The molecule has 0 amide bonds. The van der Waals surface area contributed by atoms with Gasteiger partial charge in [-0.15, -0.1) is 0 Å². The van der Waals surface area contributed by atoms with Crippen LogP contribution in [0.5, 0.6) is 0 Å². The summed E-state index contributed by atoms with van der Waals surface area (Å²) >= 11 is 0. The molecule has 0 aliphatic carbocycles. The number of nitriles is 1. The van der Waals surface area contributed by atoms with Crippen LogP contribution in [-0.2, 0) is 11.3 Å². The molecule has 0 aliphatic heterocycles. The van der Waals surface area contributed by atoms with Crippen molar-refractivity contribution < 1.29 is 9.90 Å². The normalized spacial score (nSPS) is 10.2. The van der Waals surface area contributed by atoms with Gasteiger partial charge in [0, 0.05) is 19.2 Å². The number of nitrogens with one attached hydrogen (secondary N) is 1. The standard InChI is InChI=1S/C12H12N2O2/c13-8-10-3-5-11(6-4-10)9-14-7-1-2-12(15)16/h1-6,14H,7,9H2,(H,15,16)/b2-1+. The fourth-order valence-electron chi connectivity index (χ4n) is 1.16. The van der Waals surface area contributed by atoms with Crippen LogP contribution in [0.25, 0.3) is 0 Å². The van der Waals surface area contributed by atoms with E-state index in [0.717, 1.165) is 11.6 Å². The van der Waals surface area contributed by atoms with Crippen molar-refractivity contribution in [1.82, 2.24) is 5.32 Å². The van der Waals surface area contributed by atoms with Gasteiger partial charge in [-0.25, -0.2) is 4.79 Å². The summed E-state index contributed by atoms with van der Waals surface area (Å²) in [5.41, 5.74) is 1.69. The highest BCUT2D eigenvalue weighted by atomic mass is 16.4. The summed E-state index contributed by atoms with van der Waals surface area (Å²) in [6.45, 7) is 1.15. The third-order valence-corrected chi connectivity index (χ3v) is 1.93. The van der Waals surface area contributed by atoms with Crippen LogP contribution >= 0.6 is 0 Å². The Labute approximate surface area is 93.8 Å². The zero-order chi connectivity index (χ0) is 11.8. The van der Waals surface area contributed by atoms with Crippen molar-refractivity contribution in [2.75, 3.05) is 6.54 Å². The molecule has 4 nitrogen and oxygen atoms in total. The molecule has 4 heteroatoms. The quantitative estimate of drug-likeness (QED) is 0.574. The van der Waals surface area contributed by atoms with Crippen molar-refractivity contribution in [2.24, 2.45) is 0 Å². The molecule has 0 fully saturated rings. The number of hydrogen-bond acceptors (Lipinski definition) is 3. The molecule has 0 saturated heterocycles. The number of nitrogens with zero attached hydrogens (tertiary/aromatic N) is 1. The van der Waals surface area contributed by atoms with Gasteiger partial charge in [0.25, 0.3) is 0 Å². The first-order chi connectivity index (χ1) is 7.72. The largest absolute Gasteiger partial charge is 0.478 e. The van der Waals surface area contributed by atoms with E-state index in [4.69, 9.17) is 10.4 Å². The van der Waals surface area contributed by atoms with Gasteiger partial charge in [0.1, 0.15) is 0 Å². The molecule has 0 heterocycles. The molecule has 0 radical (unpaired) electrons. The highest BCUT2D eigenvalue weighted by molar-refractivity contribution is 5.79. The van der Waals surface area contributed by atoms with Crippen molar-refractivity contribution >= 4 is 5.97 Å². The van der Waals surface area contributed by atoms with Crippen molar-refractivity contribution in [3.63, 3.8) is 0 Å². The predicted molar refractivity (Wildman–Crippen MR) is 59.6 cm³/mol. The van der Waals surface area contributed by atoms with E-state index in [9.17, 15) is 4.79 Å². The smallest absolute Gasteiger partial charge is 0.328 e. The van der Waals surface area contributed by atoms with Gasteiger partial charge in [-0.3, -0.25) is 0 Å². The molecule has 0 aliphatic rings. The third kappa shape index (κ3) is 4.40. The summed E-state index contributed by atoms with van der Waals surface area (Å²) in [7, 11) is 0. The minimum absolute atomic E-state index is 0.506. The average molecular weight is 216 g/mol. The van der Waals surface area contributed by atoms with Gasteiger partial charge < -0.3 is 10.4 Å². The summed E-state index contributed by atoms with van der Waals surface area (Å²) in [5.74, 6) is -0.944. The lowest BCUT2D eigenvalue weighted by molar-refractivity contribution is -0.131. The SMILES string of the molecule is N#Cc1ccc(CNC/C=C/C(=O)O)cc1. The Morgan fingerprint density at radius 1 is 1.44 bits per heavy atom. The van der Waals surface area contributed by atoms with Crippen LogP contribution < -0.4 is 5.32 Å². The van der Waals surface area contributed by atoms with Crippen LogP contribution in [0.1, 0.15) is 11.1 Å². The number of aliphatic carboxylic acids is 1. The van der Waals surface area contributed by atoms with Gasteiger partial charge >= 0.3 is 5.97 Å². The number of rotatable bonds is 5. The van der Waals surface area contributed by atoms with E-state index in [1.54, 1.807) is 18.2 Å². The van der Waals surface area contributed by atoms with Gasteiger partial charge in [0.2, 0.25) is 0 Å². The van der Waals surface area contributed by atoms with Gasteiger partial charge in [-0.05, 0) is 17.7 Å². The number of carboxylic acid groups (broad SMARTS) is 1. The number of hydrogen-bond donors (Lipinski definition) is 2. The summed E-state index contributed by atoms with van der Waals surface area (Å²) in [5, 5.41) is 20.0. The first kappa shape index (κ1) is 12.0. The first-order valence-electron chi connectivity index (χ1n) is 4.81. The Morgan fingerprint density at radius 2 is 2.12 bits per heavy atom. The minimum Gasteiger partial charge on any atom is -0.478 e. The van der Waals surface area contributed by atoms with Crippen LogP contribution in [0.15, 0.2) is 36.4 Å². The molecule has 0 saturated carbocycles. The van der Waals surface area contributed by atoms with Crippen LogP contribution in [0.4, 0.5) is 0 Å². The maximum Gasteiger partial charge on any atom is 0.328 e. The maximum absolute atomic E-state index is 10.2. The Kier molecular flexibility index (Phi) is 4.77. The van der Waals surface area contributed by atoms with E-state index in [0.29, 0.717) is 18.7 Å². The van der Waals surface area contributed by atoms with Crippen LogP contribution in [-0.4, -0.2) is 17.6 Å². The lowest BCUT2D eigenvalue weighted by Crippen LogP contribution is -2.13.